The number of quaternary nitrogens is 1. The van der Waals surface area contributed by atoms with Gasteiger partial charge in [0.25, 0.3) is 0 Å². The van der Waals surface area contributed by atoms with Crippen molar-refractivity contribution in [2.45, 2.75) is 62.3 Å². The molecule has 2 aliphatic rings. The minimum atomic E-state index is -4.97. The molecule has 1 atom stereocenters. The lowest BCUT2D eigenvalue weighted by Gasteiger charge is -2.47. The van der Waals surface area contributed by atoms with Crippen LogP contribution in [0.4, 0.5) is 26.3 Å². The van der Waals surface area contributed by atoms with Crippen molar-refractivity contribution in [2.75, 3.05) is 33.2 Å². The first kappa shape index (κ1) is 33.6. The van der Waals surface area contributed by atoms with E-state index in [-0.39, 0.29) is 37.0 Å². The predicted molar refractivity (Wildman–Crippen MR) is 163 cm³/mol. The van der Waals surface area contributed by atoms with Gasteiger partial charge < -0.3 is 9.38 Å². The van der Waals surface area contributed by atoms with Gasteiger partial charge in [0.15, 0.2) is 0 Å². The summed E-state index contributed by atoms with van der Waals surface area (Å²) in [6.45, 7) is 2.47. The molecule has 0 aliphatic carbocycles. The lowest BCUT2D eigenvalue weighted by atomic mass is 9.71. The summed E-state index contributed by atoms with van der Waals surface area (Å²) in [7, 11) is 2.22. The SMILES string of the molecule is C[N+]1(CC[C@]2(c3ccc(Cl)c(Cl)c3)CCC(=O)N(Cc3cc(C(F)(F)F)cc(C(F)(F)F)c3)C2)CCC(c2ccccc2)CC1. The molecule has 45 heavy (non-hydrogen) atoms. The number of halogens is 8. The Labute approximate surface area is 269 Å². The van der Waals surface area contributed by atoms with Crippen molar-refractivity contribution in [1.82, 2.24) is 4.90 Å². The van der Waals surface area contributed by atoms with Gasteiger partial charge in [0, 0.05) is 44.2 Å². The van der Waals surface area contributed by atoms with Crippen molar-refractivity contribution in [3.63, 3.8) is 0 Å². The standard InChI is InChI=1S/C34H35Cl2F6N2O/c1-44(14-10-25(11-15-44)24-5-3-2-4-6-24)16-13-32(26-7-8-29(35)30(36)20-26)12-9-31(45)43(22-32)21-23-17-27(33(37,38)39)19-28(18-23)34(40,41)42/h2-8,17-20,25H,9-16,21-22H2,1H3/q+1/t25?,32-,44?/m1/s1. The molecule has 0 spiro atoms. The van der Waals surface area contributed by atoms with Gasteiger partial charge in [0.1, 0.15) is 0 Å². The van der Waals surface area contributed by atoms with E-state index in [0.29, 0.717) is 40.9 Å². The number of piperidine rings is 2. The average molecular weight is 673 g/mol. The van der Waals surface area contributed by atoms with E-state index in [1.54, 1.807) is 12.1 Å². The molecule has 3 nitrogen and oxygen atoms in total. The fourth-order valence-corrected chi connectivity index (χ4v) is 7.18. The molecular weight excluding hydrogens is 637 g/mol. The Morgan fingerprint density at radius 3 is 2.07 bits per heavy atom. The van der Waals surface area contributed by atoms with Gasteiger partial charge in [-0.3, -0.25) is 4.79 Å². The largest absolute Gasteiger partial charge is 0.416 e. The van der Waals surface area contributed by atoms with E-state index < -0.39 is 28.9 Å². The van der Waals surface area contributed by atoms with E-state index >= 15 is 0 Å². The maximum Gasteiger partial charge on any atom is 0.416 e. The topological polar surface area (TPSA) is 20.3 Å². The average Bonchev–Trinajstić information content (AvgIpc) is 2.99. The van der Waals surface area contributed by atoms with Crippen LogP contribution in [0, 0.1) is 0 Å². The summed E-state index contributed by atoms with van der Waals surface area (Å²) < 4.78 is 82.2. The number of amides is 1. The number of rotatable bonds is 7. The normalized spacial score (nSPS) is 24.6. The monoisotopic (exact) mass is 671 g/mol. The Morgan fingerprint density at radius 1 is 0.867 bits per heavy atom. The molecule has 2 heterocycles. The Kier molecular flexibility index (Phi) is 9.56. The van der Waals surface area contributed by atoms with E-state index in [1.807, 2.05) is 12.1 Å². The zero-order chi connectivity index (χ0) is 32.6. The molecule has 1 amide bonds. The second-order valence-electron chi connectivity index (χ2n) is 12.8. The Bertz CT molecular complexity index is 1490. The van der Waals surface area contributed by atoms with Crippen molar-refractivity contribution in [2.24, 2.45) is 0 Å². The minimum absolute atomic E-state index is 0.102. The third kappa shape index (κ3) is 7.80. The third-order valence-electron chi connectivity index (χ3n) is 9.65. The van der Waals surface area contributed by atoms with Gasteiger partial charge in [-0.25, -0.2) is 0 Å². The number of hydrogen-bond acceptors (Lipinski definition) is 1. The summed E-state index contributed by atoms with van der Waals surface area (Å²) in [5.74, 6) is 0.166. The fourth-order valence-electron chi connectivity index (χ4n) is 6.88. The molecule has 2 fully saturated rings. The van der Waals surface area contributed by atoms with Crippen molar-refractivity contribution in [3.05, 3.63) is 105 Å². The van der Waals surface area contributed by atoms with Crippen LogP contribution in [-0.4, -0.2) is 48.5 Å². The number of carbonyl (C=O) groups excluding carboxylic acids is 1. The molecule has 2 saturated heterocycles. The first-order valence-electron chi connectivity index (χ1n) is 15.0. The Balaban J connectivity index is 1.41. The van der Waals surface area contributed by atoms with Crippen LogP contribution in [0.1, 0.15) is 65.8 Å². The summed E-state index contributed by atoms with van der Waals surface area (Å²) >= 11 is 12.7. The molecule has 11 heteroatoms. The van der Waals surface area contributed by atoms with E-state index in [2.05, 4.69) is 31.3 Å². The number of nitrogens with zero attached hydrogens (tertiary/aromatic N) is 2. The summed E-state index contributed by atoms with van der Waals surface area (Å²) in [5.41, 5.74) is -1.46. The molecular formula is C34H35Cl2F6N2O+. The summed E-state index contributed by atoms with van der Waals surface area (Å²) in [5, 5.41) is 0.707. The Morgan fingerprint density at radius 2 is 1.49 bits per heavy atom. The lowest BCUT2D eigenvalue weighted by Crippen LogP contribution is -2.54. The van der Waals surface area contributed by atoms with Gasteiger partial charge >= 0.3 is 12.4 Å². The zero-order valence-corrected chi connectivity index (χ0v) is 26.3. The molecule has 242 valence electrons. The summed E-state index contributed by atoms with van der Waals surface area (Å²) in [6, 6.07) is 17.2. The molecule has 0 saturated carbocycles. The highest BCUT2D eigenvalue weighted by molar-refractivity contribution is 6.42. The Hall–Kier alpha value is -2.75. The molecule has 0 aromatic heterocycles. The van der Waals surface area contributed by atoms with Gasteiger partial charge in [-0.05, 0) is 59.4 Å². The van der Waals surface area contributed by atoms with E-state index in [1.165, 1.54) is 10.5 Å². The number of carbonyl (C=O) groups is 1. The van der Waals surface area contributed by atoms with Crippen LogP contribution < -0.4 is 0 Å². The molecule has 5 rings (SSSR count). The molecule has 0 N–H and O–H groups in total. The minimum Gasteiger partial charge on any atom is -0.337 e. The van der Waals surface area contributed by atoms with Crippen LogP contribution in [-0.2, 0) is 29.1 Å². The summed E-state index contributed by atoms with van der Waals surface area (Å²) in [4.78, 5) is 14.6. The molecule has 3 aromatic rings. The molecule has 0 unspecified atom stereocenters. The molecule has 2 aliphatic heterocycles. The molecule has 3 aromatic carbocycles. The van der Waals surface area contributed by atoms with Crippen LogP contribution in [0.5, 0.6) is 0 Å². The number of likely N-dealkylation sites (tertiary alicyclic amines) is 2. The second-order valence-corrected chi connectivity index (χ2v) is 13.6. The van der Waals surface area contributed by atoms with E-state index in [9.17, 15) is 31.1 Å². The van der Waals surface area contributed by atoms with Crippen molar-refractivity contribution in [3.8, 4) is 0 Å². The maximum absolute atomic E-state index is 13.6. The molecule has 0 radical (unpaired) electrons. The first-order chi connectivity index (χ1) is 21.1. The van der Waals surface area contributed by atoms with Crippen LogP contribution >= 0.6 is 23.2 Å². The third-order valence-corrected chi connectivity index (χ3v) is 10.4. The van der Waals surface area contributed by atoms with Gasteiger partial charge in [-0.1, -0.05) is 59.6 Å². The maximum atomic E-state index is 13.6. The van der Waals surface area contributed by atoms with Gasteiger partial charge in [0.2, 0.25) is 5.91 Å². The quantitative estimate of drug-likeness (QED) is 0.181. The summed E-state index contributed by atoms with van der Waals surface area (Å²) in [6.07, 6.45) is -6.66. The van der Waals surface area contributed by atoms with Crippen molar-refractivity contribution >= 4 is 29.1 Å². The van der Waals surface area contributed by atoms with Crippen molar-refractivity contribution < 1.29 is 35.6 Å². The van der Waals surface area contributed by atoms with Gasteiger partial charge in [-0.15, -0.1) is 0 Å². The van der Waals surface area contributed by atoms with E-state index in [4.69, 9.17) is 23.2 Å². The van der Waals surface area contributed by atoms with E-state index in [0.717, 1.165) is 42.5 Å². The highest BCUT2D eigenvalue weighted by Crippen LogP contribution is 2.43. The number of hydrogen-bond donors (Lipinski definition) is 0. The van der Waals surface area contributed by atoms with Gasteiger partial charge in [-0.2, -0.15) is 26.3 Å². The lowest BCUT2D eigenvalue weighted by molar-refractivity contribution is -0.915. The first-order valence-corrected chi connectivity index (χ1v) is 15.7. The van der Waals surface area contributed by atoms with Gasteiger partial charge in [0.05, 0.1) is 47.9 Å². The fraction of sp³-hybridized carbons (Fsp3) is 0.441. The van der Waals surface area contributed by atoms with Crippen LogP contribution in [0.2, 0.25) is 10.0 Å². The number of alkyl halides is 6. The zero-order valence-electron chi connectivity index (χ0n) is 24.8. The van der Waals surface area contributed by atoms with Crippen molar-refractivity contribution in [1.29, 1.82) is 0 Å². The van der Waals surface area contributed by atoms with Crippen LogP contribution in [0.3, 0.4) is 0 Å². The van der Waals surface area contributed by atoms with Crippen LogP contribution in [0.15, 0.2) is 66.7 Å². The highest BCUT2D eigenvalue weighted by Gasteiger charge is 2.43. The van der Waals surface area contributed by atoms with Crippen LogP contribution in [0.25, 0.3) is 0 Å². The smallest absolute Gasteiger partial charge is 0.337 e. The predicted octanol–water partition coefficient (Wildman–Crippen LogP) is 9.51. The highest BCUT2D eigenvalue weighted by atomic mass is 35.5. The molecule has 0 bridgehead atoms. The number of benzene rings is 3. The second kappa shape index (κ2) is 12.8.